The number of likely N-dealkylation sites (N-methyl/N-ethyl adjacent to an activating group) is 2. The SMILES string of the molecule is CCOCC[N+](C)(CC)CCN(C)C. The zero-order chi connectivity index (χ0) is 11.0. The molecule has 0 aliphatic heterocycles. The first-order valence-corrected chi connectivity index (χ1v) is 5.60. The quantitative estimate of drug-likeness (QED) is 0.432. The van der Waals surface area contributed by atoms with E-state index in [0.717, 1.165) is 30.8 Å². The van der Waals surface area contributed by atoms with Crippen molar-refractivity contribution in [3.8, 4) is 0 Å². The summed E-state index contributed by atoms with van der Waals surface area (Å²) in [5.74, 6) is 0. The zero-order valence-corrected chi connectivity index (χ0v) is 10.5. The molecule has 0 bridgehead atoms. The summed E-state index contributed by atoms with van der Waals surface area (Å²) in [6.07, 6.45) is 0. The maximum Gasteiger partial charge on any atom is 0.102 e. The molecule has 1 atom stereocenters. The van der Waals surface area contributed by atoms with Gasteiger partial charge >= 0.3 is 0 Å². The molecule has 14 heavy (non-hydrogen) atoms. The van der Waals surface area contributed by atoms with Crippen LogP contribution in [0, 0.1) is 0 Å². The van der Waals surface area contributed by atoms with Crippen LogP contribution in [-0.4, -0.2) is 69.9 Å². The first-order valence-electron chi connectivity index (χ1n) is 5.60. The van der Waals surface area contributed by atoms with Crippen LogP contribution >= 0.6 is 0 Å². The van der Waals surface area contributed by atoms with Crippen molar-refractivity contribution in [3.05, 3.63) is 0 Å². The van der Waals surface area contributed by atoms with Gasteiger partial charge in [-0.15, -0.1) is 0 Å². The van der Waals surface area contributed by atoms with E-state index in [1.54, 1.807) is 0 Å². The van der Waals surface area contributed by atoms with Crippen molar-refractivity contribution in [1.29, 1.82) is 0 Å². The molecule has 0 rings (SSSR count). The molecule has 3 nitrogen and oxygen atoms in total. The van der Waals surface area contributed by atoms with Crippen molar-refractivity contribution in [2.75, 3.05) is 60.5 Å². The van der Waals surface area contributed by atoms with E-state index in [4.69, 9.17) is 4.74 Å². The third-order valence-electron chi connectivity index (χ3n) is 2.83. The van der Waals surface area contributed by atoms with Crippen molar-refractivity contribution in [2.24, 2.45) is 0 Å². The Kier molecular flexibility index (Phi) is 7.15. The van der Waals surface area contributed by atoms with E-state index in [0.29, 0.717) is 0 Å². The van der Waals surface area contributed by atoms with Gasteiger partial charge in [-0.1, -0.05) is 0 Å². The van der Waals surface area contributed by atoms with Crippen molar-refractivity contribution < 1.29 is 9.22 Å². The average molecular weight is 203 g/mol. The second-order valence-corrected chi connectivity index (χ2v) is 4.38. The van der Waals surface area contributed by atoms with E-state index in [-0.39, 0.29) is 0 Å². The predicted molar refractivity (Wildman–Crippen MR) is 61.5 cm³/mol. The standard InChI is InChI=1S/C11H27N2O/c1-6-13(5,9-8-12(3)4)10-11-14-7-2/h6-11H2,1-5H3/q+1. The Morgan fingerprint density at radius 2 is 1.79 bits per heavy atom. The van der Waals surface area contributed by atoms with Crippen LogP contribution in [0.3, 0.4) is 0 Å². The van der Waals surface area contributed by atoms with Crippen LogP contribution in [-0.2, 0) is 4.74 Å². The highest BCUT2D eigenvalue weighted by atomic mass is 16.5. The fraction of sp³-hybridized carbons (Fsp3) is 1.00. The topological polar surface area (TPSA) is 12.5 Å². The van der Waals surface area contributed by atoms with Gasteiger partial charge in [0.25, 0.3) is 0 Å². The van der Waals surface area contributed by atoms with Crippen LogP contribution in [0.4, 0.5) is 0 Å². The van der Waals surface area contributed by atoms with Gasteiger partial charge in [-0.2, -0.15) is 0 Å². The highest BCUT2D eigenvalue weighted by Gasteiger charge is 2.18. The average Bonchev–Trinajstić information content (AvgIpc) is 2.15. The fourth-order valence-electron chi connectivity index (χ4n) is 1.30. The Hall–Kier alpha value is -0.120. The van der Waals surface area contributed by atoms with Crippen molar-refractivity contribution >= 4 is 0 Å². The highest BCUT2D eigenvalue weighted by Crippen LogP contribution is 2.01. The lowest BCUT2D eigenvalue weighted by molar-refractivity contribution is -0.907. The van der Waals surface area contributed by atoms with E-state index in [2.05, 4.69) is 39.9 Å². The molecule has 0 N–H and O–H groups in total. The molecule has 0 aromatic heterocycles. The van der Waals surface area contributed by atoms with Crippen molar-refractivity contribution in [1.82, 2.24) is 4.90 Å². The zero-order valence-electron chi connectivity index (χ0n) is 10.5. The lowest BCUT2D eigenvalue weighted by Gasteiger charge is -2.34. The highest BCUT2D eigenvalue weighted by molar-refractivity contribution is 4.44. The van der Waals surface area contributed by atoms with E-state index in [1.807, 2.05) is 0 Å². The van der Waals surface area contributed by atoms with Gasteiger partial charge in [0.05, 0.1) is 26.7 Å². The predicted octanol–water partition coefficient (Wildman–Crippen LogP) is 1.05. The van der Waals surface area contributed by atoms with Gasteiger partial charge in [0, 0.05) is 13.2 Å². The number of nitrogens with zero attached hydrogens (tertiary/aromatic N) is 2. The van der Waals surface area contributed by atoms with E-state index in [1.165, 1.54) is 13.1 Å². The van der Waals surface area contributed by atoms with E-state index >= 15 is 0 Å². The van der Waals surface area contributed by atoms with Gasteiger partial charge in [-0.3, -0.25) is 0 Å². The van der Waals surface area contributed by atoms with Crippen LogP contribution in [0.1, 0.15) is 13.8 Å². The summed E-state index contributed by atoms with van der Waals surface area (Å²) in [5, 5.41) is 0. The van der Waals surface area contributed by atoms with Gasteiger partial charge in [0.2, 0.25) is 0 Å². The molecule has 0 aromatic rings. The first-order chi connectivity index (χ1) is 6.54. The van der Waals surface area contributed by atoms with Gasteiger partial charge in [-0.05, 0) is 27.9 Å². The number of hydrogen-bond acceptors (Lipinski definition) is 2. The normalized spacial score (nSPS) is 15.9. The fourth-order valence-corrected chi connectivity index (χ4v) is 1.30. The molecule has 0 aliphatic carbocycles. The molecule has 0 fully saturated rings. The van der Waals surface area contributed by atoms with Crippen molar-refractivity contribution in [3.63, 3.8) is 0 Å². The summed E-state index contributed by atoms with van der Waals surface area (Å²) >= 11 is 0. The second kappa shape index (κ2) is 7.21. The van der Waals surface area contributed by atoms with Crippen LogP contribution in [0.2, 0.25) is 0 Å². The molecule has 0 saturated carbocycles. The van der Waals surface area contributed by atoms with Crippen LogP contribution < -0.4 is 0 Å². The summed E-state index contributed by atoms with van der Waals surface area (Å²) in [4.78, 5) is 2.24. The van der Waals surface area contributed by atoms with Crippen LogP contribution in [0.25, 0.3) is 0 Å². The second-order valence-electron chi connectivity index (χ2n) is 4.38. The molecule has 0 heterocycles. The summed E-state index contributed by atoms with van der Waals surface area (Å²) in [6, 6.07) is 0. The molecule has 3 heteroatoms. The Bertz CT molecular complexity index is 139. The monoisotopic (exact) mass is 203 g/mol. The largest absolute Gasteiger partial charge is 0.376 e. The number of quaternary nitrogens is 1. The summed E-state index contributed by atoms with van der Waals surface area (Å²) in [7, 11) is 6.56. The minimum Gasteiger partial charge on any atom is -0.376 e. The molecular weight excluding hydrogens is 176 g/mol. The molecule has 0 radical (unpaired) electrons. The molecule has 0 spiro atoms. The Balaban J connectivity index is 3.79. The summed E-state index contributed by atoms with van der Waals surface area (Å²) in [6.45, 7) is 10.7. The third kappa shape index (κ3) is 6.35. The lowest BCUT2D eigenvalue weighted by Crippen LogP contribution is -2.49. The molecule has 0 aromatic carbocycles. The number of hydrogen-bond donors (Lipinski definition) is 0. The smallest absolute Gasteiger partial charge is 0.102 e. The Morgan fingerprint density at radius 3 is 2.21 bits per heavy atom. The third-order valence-corrected chi connectivity index (χ3v) is 2.83. The molecule has 1 unspecified atom stereocenters. The maximum absolute atomic E-state index is 5.41. The van der Waals surface area contributed by atoms with Gasteiger partial charge < -0.3 is 14.1 Å². The van der Waals surface area contributed by atoms with E-state index in [9.17, 15) is 0 Å². The van der Waals surface area contributed by atoms with Gasteiger partial charge in [0.1, 0.15) is 6.54 Å². The maximum atomic E-state index is 5.41. The molecule has 0 amide bonds. The first kappa shape index (κ1) is 13.9. The number of rotatable bonds is 8. The molecule has 0 aliphatic rings. The molecule has 0 saturated heterocycles. The summed E-state index contributed by atoms with van der Waals surface area (Å²) in [5.41, 5.74) is 0. The minimum atomic E-state index is 0.831. The van der Waals surface area contributed by atoms with Gasteiger partial charge in [-0.25, -0.2) is 0 Å². The summed E-state index contributed by atoms with van der Waals surface area (Å²) < 4.78 is 6.52. The molecular formula is C11H27N2O+. The number of ether oxygens (including phenoxy) is 1. The van der Waals surface area contributed by atoms with Crippen LogP contribution in [0.15, 0.2) is 0 Å². The Labute approximate surface area is 89.2 Å². The van der Waals surface area contributed by atoms with Gasteiger partial charge in [0.15, 0.2) is 0 Å². The minimum absolute atomic E-state index is 0.831. The van der Waals surface area contributed by atoms with Crippen molar-refractivity contribution in [2.45, 2.75) is 13.8 Å². The molecule has 86 valence electrons. The van der Waals surface area contributed by atoms with Crippen LogP contribution in [0.5, 0.6) is 0 Å². The van der Waals surface area contributed by atoms with E-state index < -0.39 is 0 Å². The lowest BCUT2D eigenvalue weighted by atomic mass is 10.3. The Morgan fingerprint density at radius 1 is 1.14 bits per heavy atom.